The first-order chi connectivity index (χ1) is 18.4. The third kappa shape index (κ3) is 8.57. The normalized spacial score (nSPS) is 12.2. The van der Waals surface area contributed by atoms with Crippen LogP contribution in [-0.2, 0) is 4.74 Å². The van der Waals surface area contributed by atoms with E-state index in [0.29, 0.717) is 53.8 Å². The molecule has 0 bridgehead atoms. The number of amidine groups is 1. The molecule has 1 amide bonds. The molecule has 0 aliphatic carbocycles. The molecule has 0 saturated heterocycles. The minimum absolute atomic E-state index is 0.0758. The first-order valence-electron chi connectivity index (χ1n) is 12.7. The second kappa shape index (κ2) is 14.7. The summed E-state index contributed by atoms with van der Waals surface area (Å²) in [5.41, 5.74) is 8.09. The van der Waals surface area contributed by atoms with Crippen LogP contribution in [0.2, 0.25) is 0 Å². The quantitative estimate of drug-likeness (QED) is 0.236. The second-order valence-corrected chi connectivity index (χ2v) is 8.78. The van der Waals surface area contributed by atoms with Crippen LogP contribution in [0.25, 0.3) is 0 Å². The maximum absolute atomic E-state index is 12.9. The minimum atomic E-state index is -0.195. The van der Waals surface area contributed by atoms with E-state index in [0.717, 1.165) is 12.8 Å². The summed E-state index contributed by atoms with van der Waals surface area (Å²) < 4.78 is 17.3. The third-order valence-electron chi connectivity index (χ3n) is 5.59. The molecule has 0 aliphatic heterocycles. The molecule has 3 N–H and O–H groups in total. The Morgan fingerprint density at radius 1 is 1.08 bits per heavy atom. The number of carbonyl (C=O) groups excluding carboxylic acids is 1. The molecule has 0 fully saturated rings. The number of nitrogens with zero attached hydrogens (tertiary/aromatic N) is 3. The van der Waals surface area contributed by atoms with Crippen molar-refractivity contribution in [3.05, 3.63) is 78.1 Å². The molecule has 1 heterocycles. The number of aromatic nitrogens is 1. The number of amides is 1. The monoisotopic (exact) mass is 520 g/mol. The molecule has 9 nitrogen and oxygen atoms in total. The van der Waals surface area contributed by atoms with Crippen molar-refractivity contribution in [3.8, 4) is 17.2 Å². The smallest absolute Gasteiger partial charge is 0.253 e. The molecule has 202 valence electrons. The largest absolute Gasteiger partial charge is 0.488 e. The van der Waals surface area contributed by atoms with Gasteiger partial charge in [-0.15, -0.1) is 0 Å². The summed E-state index contributed by atoms with van der Waals surface area (Å²) in [6.45, 7) is 5.22. The van der Waals surface area contributed by atoms with Crippen LogP contribution in [0, 0.1) is 0 Å². The molecule has 9 heteroatoms. The van der Waals surface area contributed by atoms with Crippen molar-refractivity contribution in [1.82, 2.24) is 9.88 Å². The van der Waals surface area contributed by atoms with Crippen molar-refractivity contribution < 1.29 is 24.1 Å². The summed E-state index contributed by atoms with van der Waals surface area (Å²) >= 11 is 0. The number of aliphatic hydroxyl groups excluding tert-OH is 1. The zero-order valence-corrected chi connectivity index (χ0v) is 22.2. The number of unbranched alkanes of at least 4 members (excludes halogenated alkanes) is 1. The van der Waals surface area contributed by atoms with E-state index in [1.165, 1.54) is 0 Å². The third-order valence-corrected chi connectivity index (χ3v) is 5.59. The van der Waals surface area contributed by atoms with Gasteiger partial charge in [-0.1, -0.05) is 13.3 Å². The fourth-order valence-electron chi connectivity index (χ4n) is 3.74. The van der Waals surface area contributed by atoms with E-state index in [1.807, 2.05) is 13.0 Å². The number of rotatable bonds is 14. The molecule has 38 heavy (non-hydrogen) atoms. The van der Waals surface area contributed by atoms with Crippen molar-refractivity contribution in [1.29, 1.82) is 0 Å². The van der Waals surface area contributed by atoms with Crippen molar-refractivity contribution in [2.24, 2.45) is 10.7 Å². The molecular formula is C29H36N4O5. The van der Waals surface area contributed by atoms with Crippen LogP contribution in [0.1, 0.15) is 42.6 Å². The lowest BCUT2D eigenvalue weighted by atomic mass is 10.1. The van der Waals surface area contributed by atoms with Gasteiger partial charge in [-0.3, -0.25) is 9.78 Å². The van der Waals surface area contributed by atoms with Crippen LogP contribution >= 0.6 is 0 Å². The van der Waals surface area contributed by atoms with E-state index in [9.17, 15) is 9.90 Å². The van der Waals surface area contributed by atoms with Gasteiger partial charge < -0.3 is 30.0 Å². The van der Waals surface area contributed by atoms with Crippen LogP contribution in [-0.4, -0.2) is 66.3 Å². The fraction of sp³-hybridized carbons (Fsp3) is 0.345. The lowest BCUT2D eigenvalue weighted by molar-refractivity contribution is 0.0719. The molecule has 0 aliphatic rings. The van der Waals surface area contributed by atoms with Crippen LogP contribution < -0.4 is 15.2 Å². The number of hydrogen-bond acceptors (Lipinski definition) is 7. The SMILES string of the molecule is CCCCN(CCO)C(=O)c1ccc(Oc2cc(OC(C)COC)cc(C(N)=Nc3cccnc3)c2)cc1. The maximum atomic E-state index is 12.9. The van der Waals surface area contributed by atoms with Crippen LogP contribution in [0.3, 0.4) is 0 Å². The highest BCUT2D eigenvalue weighted by Crippen LogP contribution is 2.29. The summed E-state index contributed by atoms with van der Waals surface area (Å²) in [7, 11) is 1.62. The molecule has 1 atom stereocenters. The Balaban J connectivity index is 1.84. The Morgan fingerprint density at radius 3 is 2.50 bits per heavy atom. The summed E-state index contributed by atoms with van der Waals surface area (Å²) in [6.07, 6.45) is 4.94. The Bertz CT molecular complexity index is 1190. The van der Waals surface area contributed by atoms with E-state index in [-0.39, 0.29) is 24.5 Å². The number of aliphatic imine (C=N–C) groups is 1. The number of aliphatic hydroxyl groups is 1. The predicted octanol–water partition coefficient (Wildman–Crippen LogP) is 4.56. The van der Waals surface area contributed by atoms with Crippen LogP contribution in [0.15, 0.2) is 72.0 Å². The Hall–Kier alpha value is -3.95. The molecule has 1 aromatic heterocycles. The van der Waals surface area contributed by atoms with E-state index >= 15 is 0 Å². The lowest BCUT2D eigenvalue weighted by Gasteiger charge is -2.21. The molecule has 0 spiro atoms. The summed E-state index contributed by atoms with van der Waals surface area (Å²) in [5.74, 6) is 1.75. The lowest BCUT2D eigenvalue weighted by Crippen LogP contribution is -2.34. The van der Waals surface area contributed by atoms with Gasteiger partial charge in [0.05, 0.1) is 25.1 Å². The predicted molar refractivity (Wildman–Crippen MR) is 147 cm³/mol. The topological polar surface area (TPSA) is 120 Å². The van der Waals surface area contributed by atoms with Gasteiger partial charge in [0, 0.05) is 43.6 Å². The van der Waals surface area contributed by atoms with Gasteiger partial charge in [0.2, 0.25) is 0 Å². The number of ether oxygens (including phenoxy) is 3. The summed E-state index contributed by atoms with van der Waals surface area (Å²) in [6, 6.07) is 15.8. The highest BCUT2D eigenvalue weighted by atomic mass is 16.5. The van der Waals surface area contributed by atoms with Crippen LogP contribution in [0.4, 0.5) is 5.69 Å². The number of carbonyl (C=O) groups is 1. The van der Waals surface area contributed by atoms with Crippen molar-refractivity contribution in [2.45, 2.75) is 32.8 Å². The minimum Gasteiger partial charge on any atom is -0.488 e. The average molecular weight is 521 g/mol. The van der Waals surface area contributed by atoms with E-state index in [4.69, 9.17) is 19.9 Å². The first kappa shape index (κ1) is 28.6. The number of hydrogen-bond donors (Lipinski definition) is 2. The number of methoxy groups -OCH3 is 1. The molecule has 2 aromatic carbocycles. The van der Waals surface area contributed by atoms with E-state index in [2.05, 4.69) is 16.9 Å². The number of pyridine rings is 1. The van der Waals surface area contributed by atoms with Crippen molar-refractivity contribution in [2.75, 3.05) is 33.4 Å². The Labute approximate surface area is 223 Å². The second-order valence-electron chi connectivity index (χ2n) is 8.78. The molecule has 0 radical (unpaired) electrons. The average Bonchev–Trinajstić information content (AvgIpc) is 2.91. The Kier molecular flexibility index (Phi) is 11.1. The van der Waals surface area contributed by atoms with Gasteiger partial charge in [0.1, 0.15) is 29.2 Å². The van der Waals surface area contributed by atoms with Crippen LogP contribution in [0.5, 0.6) is 17.2 Å². The zero-order chi connectivity index (χ0) is 27.3. The fourth-order valence-corrected chi connectivity index (χ4v) is 3.74. The highest BCUT2D eigenvalue weighted by Gasteiger charge is 2.15. The van der Waals surface area contributed by atoms with E-state index < -0.39 is 0 Å². The van der Waals surface area contributed by atoms with Gasteiger partial charge in [-0.2, -0.15) is 0 Å². The van der Waals surface area contributed by atoms with Gasteiger partial charge in [-0.25, -0.2) is 4.99 Å². The molecule has 3 aromatic rings. The number of nitrogens with two attached hydrogens (primary N) is 1. The molecule has 0 saturated carbocycles. The first-order valence-corrected chi connectivity index (χ1v) is 12.7. The summed E-state index contributed by atoms with van der Waals surface area (Å²) in [5, 5.41) is 9.34. The van der Waals surface area contributed by atoms with Crippen molar-refractivity contribution >= 4 is 17.4 Å². The Morgan fingerprint density at radius 2 is 1.84 bits per heavy atom. The number of benzene rings is 2. The van der Waals surface area contributed by atoms with Gasteiger partial charge in [0.15, 0.2) is 0 Å². The van der Waals surface area contributed by atoms with Gasteiger partial charge in [0.25, 0.3) is 5.91 Å². The van der Waals surface area contributed by atoms with Crippen molar-refractivity contribution in [3.63, 3.8) is 0 Å². The highest BCUT2D eigenvalue weighted by molar-refractivity contribution is 5.99. The molecule has 1 unspecified atom stereocenters. The zero-order valence-electron chi connectivity index (χ0n) is 22.2. The molecule has 3 rings (SSSR count). The van der Waals surface area contributed by atoms with Gasteiger partial charge >= 0.3 is 0 Å². The summed E-state index contributed by atoms with van der Waals surface area (Å²) in [4.78, 5) is 23.1. The van der Waals surface area contributed by atoms with E-state index in [1.54, 1.807) is 72.9 Å². The van der Waals surface area contributed by atoms with Gasteiger partial charge in [-0.05, 0) is 61.9 Å². The maximum Gasteiger partial charge on any atom is 0.253 e. The molecular weight excluding hydrogens is 484 g/mol. The standard InChI is InChI=1S/C29H36N4O5/c1-4-5-13-33(14-15-34)29(35)22-8-10-25(11-9-22)38-27-17-23(16-26(18-27)37-21(2)20-36-3)28(30)32-24-7-6-12-31-19-24/h6-12,16-19,21,34H,4-5,13-15,20H2,1-3H3,(H2,30,32).